The predicted molar refractivity (Wildman–Crippen MR) is 82.9 cm³/mol. The van der Waals surface area contributed by atoms with Crippen LogP contribution >= 0.6 is 0 Å². The van der Waals surface area contributed by atoms with Gasteiger partial charge >= 0.3 is 6.03 Å². The predicted octanol–water partition coefficient (Wildman–Crippen LogP) is 3.07. The van der Waals surface area contributed by atoms with Crippen molar-refractivity contribution in [1.29, 1.82) is 0 Å². The van der Waals surface area contributed by atoms with Crippen LogP contribution in [0.5, 0.6) is 0 Å². The van der Waals surface area contributed by atoms with Gasteiger partial charge in [0.05, 0.1) is 0 Å². The fourth-order valence-corrected chi connectivity index (χ4v) is 2.85. The minimum absolute atomic E-state index is 0.0110. The molecule has 1 aliphatic carbocycles. The van der Waals surface area contributed by atoms with E-state index in [0.29, 0.717) is 12.1 Å². The summed E-state index contributed by atoms with van der Waals surface area (Å²) in [7, 11) is 1.90. The minimum atomic E-state index is -0.0110. The van der Waals surface area contributed by atoms with Gasteiger partial charge in [-0.1, -0.05) is 25.1 Å². The number of para-hydroxylation sites is 1. The van der Waals surface area contributed by atoms with Crippen molar-refractivity contribution >= 4 is 11.7 Å². The number of nitrogens with zero attached hydrogens (tertiary/aromatic N) is 1. The number of amides is 2. The molecule has 2 N–H and O–H groups in total. The van der Waals surface area contributed by atoms with Gasteiger partial charge in [-0.15, -0.1) is 0 Å². The van der Waals surface area contributed by atoms with E-state index in [-0.39, 0.29) is 6.03 Å². The lowest BCUT2D eigenvalue weighted by atomic mass is 9.90. The van der Waals surface area contributed by atoms with E-state index in [4.69, 9.17) is 0 Å². The normalized spacial score (nSPS) is 22.3. The molecule has 110 valence electrons. The van der Waals surface area contributed by atoms with Gasteiger partial charge in [-0.2, -0.15) is 0 Å². The van der Waals surface area contributed by atoms with E-state index in [9.17, 15) is 4.79 Å². The third-order valence-corrected chi connectivity index (χ3v) is 4.08. The summed E-state index contributed by atoms with van der Waals surface area (Å²) in [6.45, 7) is 3.17. The van der Waals surface area contributed by atoms with Gasteiger partial charge in [-0.05, 0) is 44.4 Å². The summed E-state index contributed by atoms with van der Waals surface area (Å²) in [6.07, 6.45) is 4.47. The molecule has 0 radical (unpaired) electrons. The van der Waals surface area contributed by atoms with Crippen LogP contribution in [0.15, 0.2) is 30.3 Å². The second-order valence-electron chi connectivity index (χ2n) is 5.47. The molecule has 2 amide bonds. The van der Waals surface area contributed by atoms with Gasteiger partial charge in [0.15, 0.2) is 0 Å². The number of carbonyl (C=O) groups is 1. The lowest BCUT2D eigenvalue weighted by molar-refractivity contribution is 0.177. The lowest BCUT2D eigenvalue weighted by Gasteiger charge is -2.34. The molecule has 0 bridgehead atoms. The Balaban J connectivity index is 1.82. The van der Waals surface area contributed by atoms with Gasteiger partial charge in [0.2, 0.25) is 0 Å². The van der Waals surface area contributed by atoms with Crippen LogP contribution in [0.2, 0.25) is 0 Å². The van der Waals surface area contributed by atoms with Crippen LogP contribution in [-0.2, 0) is 0 Å². The summed E-state index contributed by atoms with van der Waals surface area (Å²) in [5.74, 6) is 0. The largest absolute Gasteiger partial charge is 0.325 e. The Bertz CT molecular complexity index is 413. The van der Waals surface area contributed by atoms with E-state index in [1.54, 1.807) is 0 Å². The highest BCUT2D eigenvalue weighted by Crippen LogP contribution is 2.23. The van der Waals surface area contributed by atoms with Crippen LogP contribution in [0.3, 0.4) is 0 Å². The van der Waals surface area contributed by atoms with E-state index in [1.807, 2.05) is 42.3 Å². The molecule has 4 heteroatoms. The summed E-state index contributed by atoms with van der Waals surface area (Å²) < 4.78 is 0. The minimum Gasteiger partial charge on any atom is -0.325 e. The van der Waals surface area contributed by atoms with Gasteiger partial charge in [-0.25, -0.2) is 4.79 Å². The highest BCUT2D eigenvalue weighted by atomic mass is 16.2. The van der Waals surface area contributed by atoms with Crippen molar-refractivity contribution in [2.24, 2.45) is 0 Å². The van der Waals surface area contributed by atoms with E-state index >= 15 is 0 Å². The van der Waals surface area contributed by atoms with Gasteiger partial charge < -0.3 is 15.5 Å². The number of hydrogen-bond acceptors (Lipinski definition) is 2. The van der Waals surface area contributed by atoms with Gasteiger partial charge in [0.1, 0.15) is 0 Å². The van der Waals surface area contributed by atoms with E-state index in [2.05, 4.69) is 17.6 Å². The molecule has 0 atom stereocenters. The van der Waals surface area contributed by atoms with Crippen molar-refractivity contribution in [2.75, 3.05) is 18.9 Å². The summed E-state index contributed by atoms with van der Waals surface area (Å²) in [4.78, 5) is 14.1. The Hall–Kier alpha value is -1.55. The number of urea groups is 1. The van der Waals surface area contributed by atoms with Crippen molar-refractivity contribution in [2.45, 2.75) is 44.7 Å². The van der Waals surface area contributed by atoms with E-state index in [0.717, 1.165) is 37.9 Å². The molecular weight excluding hydrogens is 250 g/mol. The lowest BCUT2D eigenvalue weighted by Crippen LogP contribution is -2.44. The van der Waals surface area contributed by atoms with Crippen molar-refractivity contribution in [1.82, 2.24) is 10.2 Å². The molecule has 1 aromatic rings. The topological polar surface area (TPSA) is 44.4 Å². The van der Waals surface area contributed by atoms with Crippen LogP contribution in [-0.4, -0.2) is 36.6 Å². The summed E-state index contributed by atoms with van der Waals surface area (Å²) in [6, 6.07) is 10.6. The zero-order valence-electron chi connectivity index (χ0n) is 12.4. The quantitative estimate of drug-likeness (QED) is 0.887. The second kappa shape index (κ2) is 7.29. The summed E-state index contributed by atoms with van der Waals surface area (Å²) in [5, 5.41) is 6.44. The SMILES string of the molecule is CCNC1CCC(N(C)C(=O)Nc2ccccc2)CC1. The highest BCUT2D eigenvalue weighted by molar-refractivity contribution is 5.89. The van der Waals surface area contributed by atoms with Crippen molar-refractivity contribution < 1.29 is 4.79 Å². The zero-order valence-corrected chi connectivity index (χ0v) is 12.4. The Morgan fingerprint density at radius 2 is 1.85 bits per heavy atom. The van der Waals surface area contributed by atoms with Gasteiger partial charge in [-0.3, -0.25) is 0 Å². The summed E-state index contributed by atoms with van der Waals surface area (Å²) >= 11 is 0. The molecular formula is C16H25N3O. The standard InChI is InChI=1S/C16H25N3O/c1-3-17-13-9-11-15(12-10-13)19(2)16(20)18-14-7-5-4-6-8-14/h4-8,13,15,17H,3,9-12H2,1-2H3,(H,18,20). The van der Waals surface area contributed by atoms with E-state index < -0.39 is 0 Å². The maximum absolute atomic E-state index is 12.2. The maximum Gasteiger partial charge on any atom is 0.321 e. The Labute approximate surface area is 121 Å². The van der Waals surface area contributed by atoms with Gasteiger partial charge in [0.25, 0.3) is 0 Å². The first kappa shape index (κ1) is 14.9. The Morgan fingerprint density at radius 3 is 2.45 bits per heavy atom. The molecule has 20 heavy (non-hydrogen) atoms. The molecule has 0 unspecified atom stereocenters. The summed E-state index contributed by atoms with van der Waals surface area (Å²) in [5.41, 5.74) is 0.852. The second-order valence-corrected chi connectivity index (χ2v) is 5.47. The first-order valence-electron chi connectivity index (χ1n) is 7.53. The number of carbonyl (C=O) groups excluding carboxylic acids is 1. The molecule has 0 heterocycles. The number of rotatable bonds is 4. The molecule has 1 aliphatic rings. The smallest absolute Gasteiger partial charge is 0.321 e. The molecule has 0 aliphatic heterocycles. The molecule has 1 aromatic carbocycles. The molecule has 0 spiro atoms. The number of benzene rings is 1. The highest BCUT2D eigenvalue weighted by Gasteiger charge is 2.26. The number of hydrogen-bond donors (Lipinski definition) is 2. The number of nitrogens with one attached hydrogen (secondary N) is 2. The third-order valence-electron chi connectivity index (χ3n) is 4.08. The zero-order chi connectivity index (χ0) is 14.4. The van der Waals surface area contributed by atoms with Crippen LogP contribution in [0.1, 0.15) is 32.6 Å². The third kappa shape index (κ3) is 3.97. The fraction of sp³-hybridized carbons (Fsp3) is 0.562. The van der Waals surface area contributed by atoms with Crippen LogP contribution in [0.25, 0.3) is 0 Å². The first-order valence-corrected chi connectivity index (χ1v) is 7.53. The maximum atomic E-state index is 12.2. The molecule has 0 aromatic heterocycles. The average molecular weight is 275 g/mol. The van der Waals surface area contributed by atoms with Crippen LogP contribution in [0.4, 0.5) is 10.5 Å². The van der Waals surface area contributed by atoms with Crippen LogP contribution < -0.4 is 10.6 Å². The molecule has 1 saturated carbocycles. The van der Waals surface area contributed by atoms with Gasteiger partial charge in [0, 0.05) is 24.8 Å². The molecule has 1 fully saturated rings. The first-order chi connectivity index (χ1) is 9.70. The average Bonchev–Trinajstić information content (AvgIpc) is 2.48. The molecule has 0 saturated heterocycles. The van der Waals surface area contributed by atoms with Crippen molar-refractivity contribution in [3.63, 3.8) is 0 Å². The molecule has 4 nitrogen and oxygen atoms in total. The Morgan fingerprint density at radius 1 is 1.20 bits per heavy atom. The Kier molecular flexibility index (Phi) is 5.41. The number of anilines is 1. The van der Waals surface area contributed by atoms with Crippen LogP contribution in [0, 0.1) is 0 Å². The monoisotopic (exact) mass is 275 g/mol. The van der Waals surface area contributed by atoms with E-state index in [1.165, 1.54) is 0 Å². The molecule has 2 rings (SSSR count). The fourth-order valence-electron chi connectivity index (χ4n) is 2.85. The van der Waals surface area contributed by atoms with Crippen molar-refractivity contribution in [3.8, 4) is 0 Å². The van der Waals surface area contributed by atoms with Crippen molar-refractivity contribution in [3.05, 3.63) is 30.3 Å².